The van der Waals surface area contributed by atoms with E-state index in [1.165, 1.54) is 12.8 Å². The topological polar surface area (TPSA) is 45.7 Å². The molecule has 2 saturated heterocycles. The van der Waals surface area contributed by atoms with Gasteiger partial charge >= 0.3 is 0 Å². The Kier molecular flexibility index (Phi) is 5.05. The van der Waals surface area contributed by atoms with E-state index in [1.807, 2.05) is 17.0 Å². The minimum atomic E-state index is -0.0259. The van der Waals surface area contributed by atoms with E-state index in [-0.39, 0.29) is 12.0 Å². The first-order valence-corrected chi connectivity index (χ1v) is 8.24. The summed E-state index contributed by atoms with van der Waals surface area (Å²) in [5, 5.41) is 0. The van der Waals surface area contributed by atoms with Gasteiger partial charge in [-0.15, -0.1) is 0 Å². The molecule has 0 bridgehead atoms. The van der Waals surface area contributed by atoms with E-state index in [0.29, 0.717) is 26.2 Å². The van der Waals surface area contributed by atoms with Gasteiger partial charge in [-0.05, 0) is 49.5 Å². The number of hydrogen-bond donors (Lipinski definition) is 0. The Morgan fingerprint density at radius 2 is 2.00 bits per heavy atom. The molecule has 5 nitrogen and oxygen atoms in total. The number of amides is 1. The number of carbonyl (C=O) groups is 1. The fourth-order valence-electron chi connectivity index (χ4n) is 3.17. The number of likely N-dealkylation sites (tertiary alicyclic amines) is 1. The standard InChI is InChI=1S/C17H25N3O2/c1-14-4-8-19(9-5-14)13-17(21)20-10-11-22-16(12-20)15-2-6-18-7-3-15/h2-3,6-7,14,16H,4-5,8-13H2,1H3/t16-/m1/s1. The SMILES string of the molecule is CC1CCN(CC(=O)N2CCO[C@@H](c3ccncc3)C2)CC1. The molecule has 0 aliphatic carbocycles. The summed E-state index contributed by atoms with van der Waals surface area (Å²) in [7, 11) is 0. The quantitative estimate of drug-likeness (QED) is 0.853. The maximum Gasteiger partial charge on any atom is 0.236 e. The highest BCUT2D eigenvalue weighted by Gasteiger charge is 2.27. The summed E-state index contributed by atoms with van der Waals surface area (Å²) in [5.41, 5.74) is 1.10. The lowest BCUT2D eigenvalue weighted by molar-refractivity contribution is -0.140. The van der Waals surface area contributed by atoms with Crippen molar-refractivity contribution in [1.29, 1.82) is 0 Å². The second kappa shape index (κ2) is 7.20. The van der Waals surface area contributed by atoms with Crippen molar-refractivity contribution in [3.05, 3.63) is 30.1 Å². The summed E-state index contributed by atoms with van der Waals surface area (Å²) >= 11 is 0. The number of ether oxygens (including phenoxy) is 1. The van der Waals surface area contributed by atoms with Crippen LogP contribution in [0.25, 0.3) is 0 Å². The molecule has 3 heterocycles. The molecule has 0 N–H and O–H groups in total. The van der Waals surface area contributed by atoms with Gasteiger partial charge in [-0.3, -0.25) is 14.7 Å². The molecule has 2 aliphatic rings. The van der Waals surface area contributed by atoms with Gasteiger partial charge in [0.25, 0.3) is 0 Å². The van der Waals surface area contributed by atoms with Crippen LogP contribution in [0.2, 0.25) is 0 Å². The summed E-state index contributed by atoms with van der Waals surface area (Å²) in [6.07, 6.45) is 5.93. The maximum absolute atomic E-state index is 12.5. The molecule has 120 valence electrons. The number of pyridine rings is 1. The van der Waals surface area contributed by atoms with Crippen LogP contribution < -0.4 is 0 Å². The molecule has 22 heavy (non-hydrogen) atoms. The number of carbonyl (C=O) groups excluding carboxylic acids is 1. The molecule has 2 aliphatic heterocycles. The second-order valence-electron chi connectivity index (χ2n) is 6.44. The van der Waals surface area contributed by atoms with Crippen LogP contribution >= 0.6 is 0 Å². The Morgan fingerprint density at radius 1 is 1.27 bits per heavy atom. The number of hydrogen-bond acceptors (Lipinski definition) is 4. The molecular weight excluding hydrogens is 278 g/mol. The second-order valence-corrected chi connectivity index (χ2v) is 6.44. The molecule has 5 heteroatoms. The number of rotatable bonds is 3. The first-order valence-electron chi connectivity index (χ1n) is 8.24. The first kappa shape index (κ1) is 15.4. The summed E-state index contributed by atoms with van der Waals surface area (Å²) < 4.78 is 5.81. The summed E-state index contributed by atoms with van der Waals surface area (Å²) in [6, 6.07) is 3.93. The lowest BCUT2D eigenvalue weighted by Gasteiger charge is -2.36. The van der Waals surface area contributed by atoms with Gasteiger partial charge in [0.2, 0.25) is 5.91 Å². The third-order valence-electron chi connectivity index (χ3n) is 4.73. The van der Waals surface area contributed by atoms with Crippen molar-refractivity contribution < 1.29 is 9.53 Å². The monoisotopic (exact) mass is 303 g/mol. The summed E-state index contributed by atoms with van der Waals surface area (Å²) in [5.74, 6) is 1.03. The lowest BCUT2D eigenvalue weighted by atomic mass is 9.99. The van der Waals surface area contributed by atoms with Crippen LogP contribution in [0.1, 0.15) is 31.4 Å². The van der Waals surface area contributed by atoms with E-state index < -0.39 is 0 Å². The minimum Gasteiger partial charge on any atom is -0.370 e. The molecular formula is C17H25N3O2. The zero-order valence-corrected chi connectivity index (χ0v) is 13.3. The Morgan fingerprint density at radius 3 is 2.73 bits per heavy atom. The van der Waals surface area contributed by atoms with E-state index in [2.05, 4.69) is 16.8 Å². The molecule has 0 aromatic carbocycles. The average Bonchev–Trinajstić information content (AvgIpc) is 2.58. The number of piperidine rings is 1. The Bertz CT molecular complexity index is 486. The van der Waals surface area contributed by atoms with Crippen molar-refractivity contribution in [2.45, 2.75) is 25.9 Å². The smallest absolute Gasteiger partial charge is 0.236 e. The van der Waals surface area contributed by atoms with E-state index in [9.17, 15) is 4.79 Å². The average molecular weight is 303 g/mol. The normalized spacial score (nSPS) is 24.4. The van der Waals surface area contributed by atoms with Crippen LogP contribution in [0.15, 0.2) is 24.5 Å². The number of morpholine rings is 1. The number of aromatic nitrogens is 1. The number of nitrogens with zero attached hydrogens (tertiary/aromatic N) is 3. The molecule has 0 saturated carbocycles. The lowest BCUT2D eigenvalue weighted by Crippen LogP contribution is -2.47. The predicted octanol–water partition coefficient (Wildman–Crippen LogP) is 1.71. The van der Waals surface area contributed by atoms with E-state index >= 15 is 0 Å². The molecule has 1 aromatic heterocycles. The molecule has 1 aromatic rings. The summed E-state index contributed by atoms with van der Waals surface area (Å²) in [6.45, 7) is 6.89. The van der Waals surface area contributed by atoms with Gasteiger partial charge in [0, 0.05) is 18.9 Å². The fraction of sp³-hybridized carbons (Fsp3) is 0.647. The van der Waals surface area contributed by atoms with Crippen LogP contribution in [0.3, 0.4) is 0 Å². The third kappa shape index (κ3) is 3.84. The van der Waals surface area contributed by atoms with Gasteiger partial charge < -0.3 is 9.64 Å². The van der Waals surface area contributed by atoms with Crippen molar-refractivity contribution >= 4 is 5.91 Å². The van der Waals surface area contributed by atoms with Gasteiger partial charge in [-0.2, -0.15) is 0 Å². The summed E-state index contributed by atoms with van der Waals surface area (Å²) in [4.78, 5) is 20.8. The van der Waals surface area contributed by atoms with Crippen molar-refractivity contribution in [2.24, 2.45) is 5.92 Å². The molecule has 1 atom stereocenters. The van der Waals surface area contributed by atoms with E-state index in [0.717, 1.165) is 24.6 Å². The molecule has 2 fully saturated rings. The van der Waals surface area contributed by atoms with Crippen molar-refractivity contribution in [3.63, 3.8) is 0 Å². The molecule has 3 rings (SSSR count). The maximum atomic E-state index is 12.5. The van der Waals surface area contributed by atoms with Gasteiger partial charge in [0.1, 0.15) is 6.10 Å². The highest BCUT2D eigenvalue weighted by atomic mass is 16.5. The highest BCUT2D eigenvalue weighted by molar-refractivity contribution is 5.78. The van der Waals surface area contributed by atoms with Gasteiger partial charge in [-0.1, -0.05) is 6.92 Å². The first-order chi connectivity index (χ1) is 10.7. The van der Waals surface area contributed by atoms with E-state index in [1.54, 1.807) is 12.4 Å². The zero-order valence-electron chi connectivity index (χ0n) is 13.3. The molecule has 1 amide bonds. The van der Waals surface area contributed by atoms with E-state index in [4.69, 9.17) is 4.74 Å². The van der Waals surface area contributed by atoms with Crippen LogP contribution in [0.5, 0.6) is 0 Å². The Balaban J connectivity index is 1.54. The Labute approximate surface area is 132 Å². The molecule has 0 radical (unpaired) electrons. The van der Waals surface area contributed by atoms with Gasteiger partial charge in [0.05, 0.1) is 19.7 Å². The Hall–Kier alpha value is -1.46. The fourth-order valence-corrected chi connectivity index (χ4v) is 3.17. The third-order valence-corrected chi connectivity index (χ3v) is 4.73. The van der Waals surface area contributed by atoms with Gasteiger partial charge in [0.15, 0.2) is 0 Å². The van der Waals surface area contributed by atoms with Gasteiger partial charge in [-0.25, -0.2) is 0 Å². The highest BCUT2D eigenvalue weighted by Crippen LogP contribution is 2.22. The molecule has 0 unspecified atom stereocenters. The van der Waals surface area contributed by atoms with Crippen molar-refractivity contribution in [3.8, 4) is 0 Å². The predicted molar refractivity (Wildman–Crippen MR) is 84.3 cm³/mol. The molecule has 0 spiro atoms. The van der Waals surface area contributed by atoms with Crippen LogP contribution in [-0.2, 0) is 9.53 Å². The van der Waals surface area contributed by atoms with Crippen LogP contribution in [-0.4, -0.2) is 60.0 Å². The van der Waals surface area contributed by atoms with Crippen molar-refractivity contribution in [2.75, 3.05) is 39.3 Å². The largest absolute Gasteiger partial charge is 0.370 e. The minimum absolute atomic E-state index is 0.0259. The van der Waals surface area contributed by atoms with Crippen LogP contribution in [0.4, 0.5) is 0 Å². The zero-order chi connectivity index (χ0) is 15.4. The van der Waals surface area contributed by atoms with Crippen molar-refractivity contribution in [1.82, 2.24) is 14.8 Å². The van der Waals surface area contributed by atoms with Crippen LogP contribution in [0, 0.1) is 5.92 Å².